The third kappa shape index (κ3) is 5.84. The molecule has 2 saturated heterocycles. The molecule has 194 valence electrons. The Morgan fingerprint density at radius 2 is 1.86 bits per heavy atom. The summed E-state index contributed by atoms with van der Waals surface area (Å²) in [6, 6.07) is 7.63. The molecular formula is C27H39N7O2. The number of nitrogens with two attached hydrogens (primary N) is 1. The largest absolute Gasteiger partial charge is 0.366 e. The molecule has 2 aliphatic heterocycles. The van der Waals surface area contributed by atoms with Gasteiger partial charge in [0.05, 0.1) is 18.3 Å². The number of primary amides is 1. The molecule has 3 heterocycles. The summed E-state index contributed by atoms with van der Waals surface area (Å²) in [7, 11) is 3.82. The minimum atomic E-state index is -0.476. The van der Waals surface area contributed by atoms with Crippen LogP contribution in [0.2, 0.25) is 0 Å². The molecule has 1 atom stereocenters. The molecule has 0 saturated carbocycles. The Morgan fingerprint density at radius 1 is 1.11 bits per heavy atom. The number of likely N-dealkylation sites (tertiary alicyclic amines) is 1. The first-order valence-corrected chi connectivity index (χ1v) is 12.9. The van der Waals surface area contributed by atoms with E-state index in [0.29, 0.717) is 24.1 Å². The van der Waals surface area contributed by atoms with Gasteiger partial charge < -0.3 is 15.5 Å². The van der Waals surface area contributed by atoms with Crippen molar-refractivity contribution >= 4 is 17.8 Å². The smallest absolute Gasteiger partial charge is 0.248 e. The molecule has 9 heteroatoms. The standard InChI is InChI=1S/C27H39N7O2/c1-19(2)33-14-12-32(13-15-33)18-24(35)34-11-6-5-10-23(34)25-22(17-29-27(30-25)31(3)4)20-8-7-9-21(16-20)26(28)36/h7-9,16-17,19,23H,5-6,10-15,18H2,1-4H3,(H2,28,36). The average molecular weight is 494 g/mol. The van der Waals surface area contributed by atoms with Gasteiger partial charge in [-0.2, -0.15) is 0 Å². The Labute approximate surface area is 214 Å². The molecular weight excluding hydrogens is 454 g/mol. The third-order valence-electron chi connectivity index (χ3n) is 7.30. The number of piperidine rings is 1. The van der Waals surface area contributed by atoms with Gasteiger partial charge >= 0.3 is 0 Å². The Kier molecular flexibility index (Phi) is 8.21. The van der Waals surface area contributed by atoms with Crippen LogP contribution in [0, 0.1) is 0 Å². The third-order valence-corrected chi connectivity index (χ3v) is 7.30. The topological polar surface area (TPSA) is 98.9 Å². The number of hydrogen-bond acceptors (Lipinski definition) is 7. The molecule has 1 aromatic carbocycles. The molecule has 9 nitrogen and oxygen atoms in total. The van der Waals surface area contributed by atoms with Crippen LogP contribution in [0.15, 0.2) is 30.5 Å². The number of nitrogens with zero attached hydrogens (tertiary/aromatic N) is 6. The van der Waals surface area contributed by atoms with Crippen LogP contribution in [0.5, 0.6) is 0 Å². The lowest BCUT2D eigenvalue weighted by Gasteiger charge is -2.40. The van der Waals surface area contributed by atoms with Crippen LogP contribution in [0.3, 0.4) is 0 Å². The van der Waals surface area contributed by atoms with Gasteiger partial charge in [0.25, 0.3) is 0 Å². The second-order valence-corrected chi connectivity index (χ2v) is 10.3. The summed E-state index contributed by atoms with van der Waals surface area (Å²) in [6.45, 7) is 9.40. The quantitative estimate of drug-likeness (QED) is 0.632. The number of carbonyl (C=O) groups is 2. The van der Waals surface area contributed by atoms with E-state index in [9.17, 15) is 9.59 Å². The van der Waals surface area contributed by atoms with Crippen molar-refractivity contribution in [1.29, 1.82) is 0 Å². The molecule has 2 fully saturated rings. The molecule has 0 bridgehead atoms. The fraction of sp³-hybridized carbons (Fsp3) is 0.556. The Balaban J connectivity index is 1.63. The number of aromatic nitrogens is 2. The van der Waals surface area contributed by atoms with Gasteiger partial charge in [0.2, 0.25) is 17.8 Å². The first-order valence-electron chi connectivity index (χ1n) is 12.9. The van der Waals surface area contributed by atoms with Crippen LogP contribution >= 0.6 is 0 Å². The van der Waals surface area contributed by atoms with Crippen molar-refractivity contribution in [2.45, 2.75) is 45.2 Å². The molecule has 0 radical (unpaired) electrons. The summed E-state index contributed by atoms with van der Waals surface area (Å²) in [4.78, 5) is 43.6. The number of hydrogen-bond donors (Lipinski definition) is 1. The molecule has 1 aromatic heterocycles. The van der Waals surface area contributed by atoms with E-state index in [0.717, 1.165) is 68.8 Å². The summed E-state index contributed by atoms with van der Waals surface area (Å²) < 4.78 is 0. The van der Waals surface area contributed by atoms with Crippen LogP contribution in [0.1, 0.15) is 55.2 Å². The zero-order chi connectivity index (χ0) is 25.8. The van der Waals surface area contributed by atoms with E-state index < -0.39 is 5.91 Å². The summed E-state index contributed by atoms with van der Waals surface area (Å²) in [5.74, 6) is 0.276. The van der Waals surface area contributed by atoms with Gasteiger partial charge in [-0.1, -0.05) is 12.1 Å². The monoisotopic (exact) mass is 493 g/mol. The van der Waals surface area contributed by atoms with E-state index >= 15 is 0 Å². The minimum absolute atomic E-state index is 0.142. The van der Waals surface area contributed by atoms with E-state index in [2.05, 4.69) is 28.6 Å². The van der Waals surface area contributed by atoms with E-state index in [1.807, 2.05) is 36.0 Å². The Morgan fingerprint density at radius 3 is 2.53 bits per heavy atom. The van der Waals surface area contributed by atoms with Gasteiger partial charge in [-0.15, -0.1) is 0 Å². The average Bonchev–Trinajstić information content (AvgIpc) is 2.88. The summed E-state index contributed by atoms with van der Waals surface area (Å²) >= 11 is 0. The Bertz CT molecular complexity index is 1080. The van der Waals surface area contributed by atoms with Crippen molar-refractivity contribution in [3.8, 4) is 11.1 Å². The van der Waals surface area contributed by atoms with Crippen molar-refractivity contribution in [1.82, 2.24) is 24.7 Å². The zero-order valence-electron chi connectivity index (χ0n) is 22.0. The molecule has 0 aliphatic carbocycles. The van der Waals surface area contributed by atoms with E-state index in [4.69, 9.17) is 10.7 Å². The maximum Gasteiger partial charge on any atom is 0.248 e. The highest BCUT2D eigenvalue weighted by Crippen LogP contribution is 2.36. The Hall–Kier alpha value is -3.04. The van der Waals surface area contributed by atoms with Crippen LogP contribution < -0.4 is 10.6 Å². The highest BCUT2D eigenvalue weighted by Gasteiger charge is 2.33. The fourth-order valence-corrected chi connectivity index (χ4v) is 5.15. The van der Waals surface area contributed by atoms with Crippen LogP contribution in [0.25, 0.3) is 11.1 Å². The SMILES string of the molecule is CC(C)N1CCN(CC(=O)N2CCCCC2c2nc(N(C)C)ncc2-c2cccc(C(N)=O)c2)CC1. The maximum atomic E-state index is 13.6. The van der Waals surface area contributed by atoms with Crippen molar-refractivity contribution in [3.05, 3.63) is 41.7 Å². The van der Waals surface area contributed by atoms with Crippen molar-refractivity contribution in [3.63, 3.8) is 0 Å². The number of piperazine rings is 1. The van der Waals surface area contributed by atoms with Crippen molar-refractivity contribution in [2.75, 3.05) is 58.3 Å². The molecule has 2 aromatic rings. The van der Waals surface area contributed by atoms with Crippen molar-refractivity contribution in [2.24, 2.45) is 5.73 Å². The lowest BCUT2D eigenvalue weighted by Crippen LogP contribution is -2.52. The van der Waals surface area contributed by atoms with Gasteiger partial charge in [0.15, 0.2) is 0 Å². The molecule has 2 N–H and O–H groups in total. The number of benzene rings is 1. The van der Waals surface area contributed by atoms with Crippen LogP contribution in [0.4, 0.5) is 5.95 Å². The second kappa shape index (κ2) is 11.3. The van der Waals surface area contributed by atoms with Crippen molar-refractivity contribution < 1.29 is 9.59 Å². The lowest BCUT2D eigenvalue weighted by atomic mass is 9.93. The van der Waals surface area contributed by atoms with Gasteiger partial charge in [-0.3, -0.25) is 19.4 Å². The van der Waals surface area contributed by atoms with E-state index in [1.165, 1.54) is 0 Å². The lowest BCUT2D eigenvalue weighted by molar-refractivity contribution is -0.136. The zero-order valence-corrected chi connectivity index (χ0v) is 22.0. The van der Waals surface area contributed by atoms with E-state index in [1.54, 1.807) is 18.3 Å². The van der Waals surface area contributed by atoms with Gasteiger partial charge in [0.1, 0.15) is 0 Å². The van der Waals surface area contributed by atoms with Gasteiger partial charge in [-0.25, -0.2) is 9.97 Å². The second-order valence-electron chi connectivity index (χ2n) is 10.3. The van der Waals surface area contributed by atoms with E-state index in [-0.39, 0.29) is 11.9 Å². The minimum Gasteiger partial charge on any atom is -0.366 e. The summed E-state index contributed by atoms with van der Waals surface area (Å²) in [6.07, 6.45) is 4.67. The number of anilines is 1. The number of amides is 2. The number of rotatable bonds is 7. The highest BCUT2D eigenvalue weighted by molar-refractivity contribution is 5.94. The maximum absolute atomic E-state index is 13.6. The predicted molar refractivity (Wildman–Crippen MR) is 142 cm³/mol. The van der Waals surface area contributed by atoms with Gasteiger partial charge in [0, 0.05) is 70.2 Å². The fourth-order valence-electron chi connectivity index (χ4n) is 5.15. The van der Waals surface area contributed by atoms with Crippen LogP contribution in [-0.4, -0.2) is 95.9 Å². The highest BCUT2D eigenvalue weighted by atomic mass is 16.2. The van der Waals surface area contributed by atoms with Gasteiger partial charge in [-0.05, 0) is 50.8 Å². The first-order chi connectivity index (χ1) is 17.2. The summed E-state index contributed by atoms with van der Waals surface area (Å²) in [5.41, 5.74) is 8.47. The summed E-state index contributed by atoms with van der Waals surface area (Å²) in [5, 5.41) is 0. The molecule has 4 rings (SSSR count). The molecule has 0 spiro atoms. The molecule has 2 aliphatic rings. The molecule has 2 amide bonds. The predicted octanol–water partition coefficient (Wildman–Crippen LogP) is 2.39. The molecule has 36 heavy (non-hydrogen) atoms. The molecule has 1 unspecified atom stereocenters. The first kappa shape index (κ1) is 26.0. The number of carbonyl (C=O) groups excluding carboxylic acids is 2. The van der Waals surface area contributed by atoms with Crippen LogP contribution in [-0.2, 0) is 4.79 Å². The normalized spacial score (nSPS) is 19.5.